The number of allylic oxidation sites excluding steroid dienone is 2. The predicted octanol–water partition coefficient (Wildman–Crippen LogP) is 4.46. The summed E-state index contributed by atoms with van der Waals surface area (Å²) in [5.74, 6) is 0.0796. The van der Waals surface area contributed by atoms with Gasteiger partial charge in [-0.05, 0) is 66.8 Å². The summed E-state index contributed by atoms with van der Waals surface area (Å²) in [5, 5.41) is 3.40. The van der Waals surface area contributed by atoms with E-state index in [1.807, 2.05) is 13.0 Å². The highest BCUT2D eigenvalue weighted by atomic mass is 35.5. The van der Waals surface area contributed by atoms with Crippen molar-refractivity contribution in [2.75, 3.05) is 10.2 Å². The number of imide groups is 1. The van der Waals surface area contributed by atoms with Crippen molar-refractivity contribution in [3.05, 3.63) is 70.8 Å². The van der Waals surface area contributed by atoms with Crippen LogP contribution >= 0.6 is 11.6 Å². The van der Waals surface area contributed by atoms with Crippen LogP contribution in [0.15, 0.2) is 54.6 Å². The molecule has 3 fully saturated rings. The second kappa shape index (κ2) is 6.54. The Kier molecular flexibility index (Phi) is 3.97. The number of amides is 3. The molecule has 1 saturated heterocycles. The molecule has 7 rings (SSSR count). The largest absolute Gasteiger partial charge is 0.322 e. The lowest BCUT2D eigenvalue weighted by atomic mass is 9.63. The fourth-order valence-electron chi connectivity index (χ4n) is 5.97. The van der Waals surface area contributed by atoms with Gasteiger partial charge in [0.15, 0.2) is 0 Å². The fourth-order valence-corrected chi connectivity index (χ4v) is 6.15. The molecule has 6 heteroatoms. The summed E-state index contributed by atoms with van der Waals surface area (Å²) in [5.41, 5.74) is 2.13. The Morgan fingerprint density at radius 1 is 1.00 bits per heavy atom. The number of para-hydroxylation sites is 1. The summed E-state index contributed by atoms with van der Waals surface area (Å²) >= 11 is 6.08. The minimum Gasteiger partial charge on any atom is -0.322 e. The Morgan fingerprint density at radius 3 is 2.32 bits per heavy atom. The van der Waals surface area contributed by atoms with E-state index in [-0.39, 0.29) is 41.4 Å². The number of rotatable bonds is 3. The maximum absolute atomic E-state index is 13.5. The summed E-state index contributed by atoms with van der Waals surface area (Å²) < 4.78 is 0. The molecule has 6 atom stereocenters. The molecule has 5 nitrogen and oxygen atoms in total. The molecule has 4 aliphatic carbocycles. The van der Waals surface area contributed by atoms with Crippen LogP contribution < -0.4 is 10.2 Å². The van der Waals surface area contributed by atoms with Crippen LogP contribution in [-0.4, -0.2) is 17.7 Å². The minimum atomic E-state index is -0.375. The summed E-state index contributed by atoms with van der Waals surface area (Å²) in [4.78, 5) is 41.4. The predicted molar refractivity (Wildman–Crippen MR) is 118 cm³/mol. The Labute approximate surface area is 185 Å². The summed E-state index contributed by atoms with van der Waals surface area (Å²) in [6.45, 7) is 1.88. The lowest BCUT2D eigenvalue weighted by Gasteiger charge is -2.37. The van der Waals surface area contributed by atoms with Crippen LogP contribution in [0.4, 0.5) is 11.4 Å². The van der Waals surface area contributed by atoms with Gasteiger partial charge < -0.3 is 5.32 Å². The molecule has 0 unspecified atom stereocenters. The van der Waals surface area contributed by atoms with Crippen LogP contribution in [0.1, 0.15) is 22.3 Å². The van der Waals surface area contributed by atoms with E-state index in [0.29, 0.717) is 33.8 Å². The Hall–Kier alpha value is -2.92. The van der Waals surface area contributed by atoms with Crippen LogP contribution in [0.2, 0.25) is 5.02 Å². The van der Waals surface area contributed by atoms with Gasteiger partial charge in [-0.3, -0.25) is 14.4 Å². The summed E-state index contributed by atoms with van der Waals surface area (Å²) in [6, 6.07) is 12.1. The third-order valence-corrected chi connectivity index (χ3v) is 7.74. The van der Waals surface area contributed by atoms with Gasteiger partial charge in [0.25, 0.3) is 5.91 Å². The second-order valence-corrected chi connectivity index (χ2v) is 9.53. The lowest BCUT2D eigenvalue weighted by molar-refractivity contribution is -0.124. The monoisotopic (exact) mass is 432 g/mol. The van der Waals surface area contributed by atoms with Crippen molar-refractivity contribution in [1.82, 2.24) is 0 Å². The second-order valence-electron chi connectivity index (χ2n) is 9.10. The Morgan fingerprint density at radius 2 is 1.65 bits per heavy atom. The maximum atomic E-state index is 13.5. The van der Waals surface area contributed by atoms with Gasteiger partial charge in [-0.25, -0.2) is 4.90 Å². The number of hydrogen-bond acceptors (Lipinski definition) is 3. The first kappa shape index (κ1) is 18.8. The highest BCUT2D eigenvalue weighted by Gasteiger charge is 2.67. The van der Waals surface area contributed by atoms with Crippen LogP contribution in [0.5, 0.6) is 0 Å². The van der Waals surface area contributed by atoms with E-state index in [9.17, 15) is 14.4 Å². The number of aryl methyl sites for hydroxylation is 1. The van der Waals surface area contributed by atoms with Gasteiger partial charge >= 0.3 is 0 Å². The molecule has 1 aliphatic heterocycles. The number of nitrogens with zero attached hydrogens (tertiary/aromatic N) is 1. The lowest BCUT2D eigenvalue weighted by Crippen LogP contribution is -2.40. The molecule has 0 aromatic heterocycles. The fraction of sp³-hybridized carbons (Fsp3) is 0.320. The molecule has 156 valence electrons. The van der Waals surface area contributed by atoms with Crippen molar-refractivity contribution in [3.63, 3.8) is 0 Å². The normalized spacial score (nSPS) is 32.1. The molecule has 0 radical (unpaired) electrons. The zero-order valence-electron chi connectivity index (χ0n) is 16.9. The van der Waals surface area contributed by atoms with Crippen molar-refractivity contribution in [1.29, 1.82) is 0 Å². The molecule has 2 aromatic carbocycles. The summed E-state index contributed by atoms with van der Waals surface area (Å²) in [6.07, 6.45) is 5.41. The minimum absolute atomic E-state index is 0.150. The molecule has 1 heterocycles. The van der Waals surface area contributed by atoms with Gasteiger partial charge in [-0.1, -0.05) is 42.0 Å². The average Bonchev–Trinajstić information content (AvgIpc) is 3.54. The van der Waals surface area contributed by atoms with Gasteiger partial charge in [-0.2, -0.15) is 0 Å². The number of carbonyl (C=O) groups is 3. The van der Waals surface area contributed by atoms with E-state index < -0.39 is 0 Å². The molecule has 2 aromatic rings. The molecule has 5 aliphatic rings. The number of carbonyl (C=O) groups excluding carboxylic acids is 3. The molecule has 2 bridgehead atoms. The van der Waals surface area contributed by atoms with Crippen molar-refractivity contribution >= 4 is 40.7 Å². The van der Waals surface area contributed by atoms with Gasteiger partial charge in [0.2, 0.25) is 11.8 Å². The first-order valence-corrected chi connectivity index (χ1v) is 11.1. The van der Waals surface area contributed by atoms with Crippen molar-refractivity contribution in [3.8, 4) is 0 Å². The zero-order valence-corrected chi connectivity index (χ0v) is 17.7. The van der Waals surface area contributed by atoms with Gasteiger partial charge in [0.05, 0.1) is 23.1 Å². The zero-order chi connectivity index (χ0) is 21.4. The van der Waals surface area contributed by atoms with E-state index >= 15 is 0 Å². The number of halogens is 1. The van der Waals surface area contributed by atoms with Crippen LogP contribution in [0.25, 0.3) is 0 Å². The van der Waals surface area contributed by atoms with Crippen molar-refractivity contribution < 1.29 is 14.4 Å². The molecule has 2 saturated carbocycles. The molecule has 31 heavy (non-hydrogen) atoms. The standard InChI is InChI=1S/C25H21ClN2O3/c1-12-6-7-13(26)10-19(12)27-23(29)16-4-2-3-5-20(16)28-24(30)21-14-8-9-15(18-11-17(14)18)22(21)25(28)31/h2-10,14-15,17-18,21-22H,11H2,1H3,(H,27,29)/t14-,15-,17-,18-,21-,22+/m0/s1. The SMILES string of the molecule is Cc1ccc(Cl)cc1NC(=O)c1ccccc1N1C(=O)[C@@H]2[C@H]3C=C[C@@H]([C@@H]4C[C@@H]34)[C@@H]2C1=O. The van der Waals surface area contributed by atoms with Crippen LogP contribution in [-0.2, 0) is 9.59 Å². The average molecular weight is 433 g/mol. The first-order chi connectivity index (χ1) is 15.0. The Balaban J connectivity index is 1.35. The Bertz CT molecular complexity index is 1150. The number of nitrogens with one attached hydrogen (secondary N) is 1. The van der Waals surface area contributed by atoms with E-state index in [2.05, 4.69) is 17.5 Å². The van der Waals surface area contributed by atoms with Crippen LogP contribution in [0.3, 0.4) is 0 Å². The summed E-state index contributed by atoms with van der Waals surface area (Å²) in [7, 11) is 0. The van der Waals surface area contributed by atoms with E-state index in [0.717, 1.165) is 12.0 Å². The quantitative estimate of drug-likeness (QED) is 0.575. The van der Waals surface area contributed by atoms with Crippen LogP contribution in [0, 0.1) is 42.4 Å². The van der Waals surface area contributed by atoms with Crippen molar-refractivity contribution in [2.24, 2.45) is 35.5 Å². The third-order valence-electron chi connectivity index (χ3n) is 7.50. The van der Waals surface area contributed by atoms with E-state index in [1.165, 1.54) is 4.90 Å². The first-order valence-electron chi connectivity index (χ1n) is 10.7. The number of benzene rings is 2. The molecule has 3 amide bonds. The maximum Gasteiger partial charge on any atom is 0.257 e. The topological polar surface area (TPSA) is 66.5 Å². The number of hydrogen-bond donors (Lipinski definition) is 1. The van der Waals surface area contributed by atoms with Gasteiger partial charge in [0.1, 0.15) is 0 Å². The van der Waals surface area contributed by atoms with Gasteiger partial charge in [0, 0.05) is 10.7 Å². The molecule has 0 spiro atoms. The van der Waals surface area contributed by atoms with E-state index in [4.69, 9.17) is 11.6 Å². The highest BCUT2D eigenvalue weighted by Crippen LogP contribution is 2.65. The molecular weight excluding hydrogens is 412 g/mol. The molecule has 1 N–H and O–H groups in total. The smallest absolute Gasteiger partial charge is 0.257 e. The van der Waals surface area contributed by atoms with E-state index in [1.54, 1.807) is 36.4 Å². The highest BCUT2D eigenvalue weighted by molar-refractivity contribution is 6.31. The number of anilines is 2. The molecular formula is C25H21ClN2O3. The van der Waals surface area contributed by atoms with Gasteiger partial charge in [-0.15, -0.1) is 0 Å². The third kappa shape index (κ3) is 2.66. The van der Waals surface area contributed by atoms with Crippen molar-refractivity contribution in [2.45, 2.75) is 13.3 Å².